The number of nitrogens with zero attached hydrogens (tertiary/aromatic N) is 2. The molecule has 0 amide bonds. The summed E-state index contributed by atoms with van der Waals surface area (Å²) in [5.41, 5.74) is 1.21. The Labute approximate surface area is 136 Å². The summed E-state index contributed by atoms with van der Waals surface area (Å²) in [6.45, 7) is 8.89. The number of fused-ring (bicyclic) bond motifs is 1. The summed E-state index contributed by atoms with van der Waals surface area (Å²) in [7, 11) is 0. The first-order valence-electron chi connectivity index (χ1n) is 8.18. The zero-order chi connectivity index (χ0) is 16.2. The van der Waals surface area contributed by atoms with E-state index in [4.69, 9.17) is 9.47 Å². The lowest BCUT2D eigenvalue weighted by molar-refractivity contribution is -0.0209. The maximum Gasteiger partial charge on any atom is 0.339 e. The van der Waals surface area contributed by atoms with Crippen molar-refractivity contribution >= 4 is 5.97 Å². The first-order chi connectivity index (χ1) is 11.1. The second-order valence-electron chi connectivity index (χ2n) is 6.21. The first kappa shape index (κ1) is 16.2. The number of ether oxygens (including phenoxy) is 2. The fourth-order valence-corrected chi connectivity index (χ4v) is 3.21. The molecule has 1 aromatic carbocycles. The van der Waals surface area contributed by atoms with Crippen LogP contribution in [0.2, 0.25) is 0 Å². The minimum absolute atomic E-state index is 0.256. The number of carbonyl (C=O) groups is 1. The van der Waals surface area contributed by atoms with E-state index in [0.29, 0.717) is 18.5 Å². The second-order valence-corrected chi connectivity index (χ2v) is 6.21. The van der Waals surface area contributed by atoms with Gasteiger partial charge in [0.15, 0.2) is 0 Å². The van der Waals surface area contributed by atoms with E-state index in [1.807, 2.05) is 6.07 Å². The van der Waals surface area contributed by atoms with E-state index in [0.717, 1.165) is 51.4 Å². The first-order valence-corrected chi connectivity index (χ1v) is 8.18. The fourth-order valence-electron chi connectivity index (χ4n) is 3.21. The summed E-state index contributed by atoms with van der Waals surface area (Å²) in [5, 5.41) is 9.28. The van der Waals surface area contributed by atoms with Crippen LogP contribution in [0.25, 0.3) is 0 Å². The van der Waals surface area contributed by atoms with Crippen molar-refractivity contribution in [1.29, 1.82) is 0 Å². The highest BCUT2D eigenvalue weighted by molar-refractivity contribution is 5.91. The quantitative estimate of drug-likeness (QED) is 0.902. The molecule has 2 aliphatic rings. The summed E-state index contributed by atoms with van der Waals surface area (Å²) in [6.07, 6.45) is 0.301. The van der Waals surface area contributed by atoms with E-state index in [-0.39, 0.29) is 5.56 Å². The standard InChI is InChI=1S/C17H24N2O4/c1-13-11-18(7-9-22-13)5-6-19-8-10-23-16-14(12-19)3-2-4-15(16)17(20)21/h2-4,13H,5-12H2,1H3,(H,20,21). The molecule has 0 aliphatic carbocycles. The molecule has 0 bridgehead atoms. The van der Waals surface area contributed by atoms with Gasteiger partial charge in [-0.3, -0.25) is 9.80 Å². The lowest BCUT2D eigenvalue weighted by Gasteiger charge is -2.32. The molecule has 126 valence electrons. The van der Waals surface area contributed by atoms with Crippen molar-refractivity contribution in [3.05, 3.63) is 29.3 Å². The van der Waals surface area contributed by atoms with Crippen molar-refractivity contribution in [3.8, 4) is 5.75 Å². The van der Waals surface area contributed by atoms with Crippen LogP contribution in [-0.4, -0.2) is 72.9 Å². The lowest BCUT2D eigenvalue weighted by atomic mass is 10.1. The largest absolute Gasteiger partial charge is 0.491 e. The molecular weight excluding hydrogens is 296 g/mol. The maximum absolute atomic E-state index is 11.3. The number of aromatic carboxylic acids is 1. The zero-order valence-corrected chi connectivity index (χ0v) is 13.5. The Kier molecular flexibility index (Phi) is 5.15. The third-order valence-electron chi connectivity index (χ3n) is 4.43. The van der Waals surface area contributed by atoms with Crippen molar-refractivity contribution in [2.45, 2.75) is 19.6 Å². The number of rotatable bonds is 4. The average Bonchev–Trinajstić information content (AvgIpc) is 2.74. The SMILES string of the molecule is CC1CN(CCN2CCOc3c(cccc3C(=O)O)C2)CCO1. The Balaban J connectivity index is 1.62. The monoisotopic (exact) mass is 320 g/mol. The van der Waals surface area contributed by atoms with Crippen LogP contribution in [0.15, 0.2) is 18.2 Å². The Morgan fingerprint density at radius 2 is 2.04 bits per heavy atom. The molecule has 1 atom stereocenters. The van der Waals surface area contributed by atoms with E-state index in [1.54, 1.807) is 12.1 Å². The molecule has 0 spiro atoms. The van der Waals surface area contributed by atoms with Gasteiger partial charge in [0.1, 0.15) is 17.9 Å². The average molecular weight is 320 g/mol. The summed E-state index contributed by atoms with van der Waals surface area (Å²) < 4.78 is 11.3. The molecular formula is C17H24N2O4. The van der Waals surface area contributed by atoms with Gasteiger partial charge >= 0.3 is 5.97 Å². The molecule has 2 heterocycles. The van der Waals surface area contributed by atoms with E-state index in [2.05, 4.69) is 16.7 Å². The Morgan fingerprint density at radius 3 is 2.83 bits per heavy atom. The number of benzene rings is 1. The van der Waals surface area contributed by atoms with Crippen LogP contribution >= 0.6 is 0 Å². The van der Waals surface area contributed by atoms with Crippen molar-refractivity contribution in [2.24, 2.45) is 0 Å². The highest BCUT2D eigenvalue weighted by atomic mass is 16.5. The van der Waals surface area contributed by atoms with Gasteiger partial charge in [-0.15, -0.1) is 0 Å². The molecule has 1 fully saturated rings. The minimum Gasteiger partial charge on any atom is -0.491 e. The van der Waals surface area contributed by atoms with Gasteiger partial charge in [-0.2, -0.15) is 0 Å². The highest BCUT2D eigenvalue weighted by Gasteiger charge is 2.22. The Bertz CT molecular complexity index is 564. The summed E-state index contributed by atoms with van der Waals surface area (Å²) in [6, 6.07) is 5.35. The van der Waals surface area contributed by atoms with Gasteiger partial charge in [-0.05, 0) is 13.0 Å². The van der Waals surface area contributed by atoms with Crippen LogP contribution in [0.4, 0.5) is 0 Å². The number of hydrogen-bond acceptors (Lipinski definition) is 5. The Hall–Kier alpha value is -1.63. The normalized spacial score (nSPS) is 22.9. The van der Waals surface area contributed by atoms with Crippen LogP contribution in [0.3, 0.4) is 0 Å². The highest BCUT2D eigenvalue weighted by Crippen LogP contribution is 2.27. The van der Waals surface area contributed by atoms with Crippen molar-refractivity contribution < 1.29 is 19.4 Å². The molecule has 1 N–H and O–H groups in total. The fraction of sp³-hybridized carbons (Fsp3) is 0.588. The van der Waals surface area contributed by atoms with Crippen LogP contribution in [0.1, 0.15) is 22.8 Å². The molecule has 1 saturated heterocycles. The van der Waals surface area contributed by atoms with Crippen LogP contribution in [0.5, 0.6) is 5.75 Å². The molecule has 0 saturated carbocycles. The molecule has 23 heavy (non-hydrogen) atoms. The van der Waals surface area contributed by atoms with Gasteiger partial charge < -0.3 is 14.6 Å². The van der Waals surface area contributed by atoms with Crippen LogP contribution in [-0.2, 0) is 11.3 Å². The number of morpholine rings is 1. The molecule has 3 rings (SSSR count). The van der Waals surface area contributed by atoms with E-state index >= 15 is 0 Å². The van der Waals surface area contributed by atoms with Crippen LogP contribution < -0.4 is 4.74 Å². The van der Waals surface area contributed by atoms with E-state index < -0.39 is 5.97 Å². The molecule has 1 aromatic rings. The number of hydrogen-bond donors (Lipinski definition) is 1. The molecule has 1 unspecified atom stereocenters. The van der Waals surface area contributed by atoms with Gasteiger partial charge in [0.2, 0.25) is 0 Å². The van der Waals surface area contributed by atoms with Gasteiger partial charge in [0.05, 0.1) is 12.7 Å². The van der Waals surface area contributed by atoms with E-state index in [1.165, 1.54) is 0 Å². The smallest absolute Gasteiger partial charge is 0.339 e. The van der Waals surface area contributed by atoms with Gasteiger partial charge in [0, 0.05) is 44.8 Å². The minimum atomic E-state index is -0.933. The maximum atomic E-state index is 11.3. The van der Waals surface area contributed by atoms with E-state index in [9.17, 15) is 9.90 Å². The molecule has 0 radical (unpaired) electrons. The van der Waals surface area contributed by atoms with Gasteiger partial charge in [-0.25, -0.2) is 4.79 Å². The predicted octanol–water partition coefficient (Wildman–Crippen LogP) is 1.30. The number of para-hydroxylation sites is 1. The van der Waals surface area contributed by atoms with Crippen molar-refractivity contribution in [1.82, 2.24) is 9.80 Å². The summed E-state index contributed by atoms with van der Waals surface area (Å²) in [5.74, 6) is -0.403. The third-order valence-corrected chi connectivity index (χ3v) is 4.43. The van der Waals surface area contributed by atoms with Crippen molar-refractivity contribution in [3.63, 3.8) is 0 Å². The molecule has 0 aromatic heterocycles. The Morgan fingerprint density at radius 1 is 1.26 bits per heavy atom. The molecule has 6 heteroatoms. The number of carboxylic acids is 1. The lowest BCUT2D eigenvalue weighted by Crippen LogP contribution is -2.44. The zero-order valence-electron chi connectivity index (χ0n) is 13.5. The predicted molar refractivity (Wildman–Crippen MR) is 86.0 cm³/mol. The number of carboxylic acid groups (broad SMARTS) is 1. The molecule has 6 nitrogen and oxygen atoms in total. The van der Waals surface area contributed by atoms with Gasteiger partial charge in [0.25, 0.3) is 0 Å². The molecule has 2 aliphatic heterocycles. The second kappa shape index (κ2) is 7.29. The van der Waals surface area contributed by atoms with Gasteiger partial charge in [-0.1, -0.05) is 12.1 Å². The summed E-state index contributed by atoms with van der Waals surface area (Å²) >= 11 is 0. The summed E-state index contributed by atoms with van der Waals surface area (Å²) in [4.78, 5) is 16.1. The van der Waals surface area contributed by atoms with Crippen molar-refractivity contribution in [2.75, 3.05) is 45.9 Å². The topological polar surface area (TPSA) is 62.2 Å². The van der Waals surface area contributed by atoms with Crippen LogP contribution in [0, 0.1) is 0 Å². The third kappa shape index (κ3) is 4.02.